The fourth-order valence-electron chi connectivity index (χ4n) is 1.81. The van der Waals surface area contributed by atoms with Gasteiger partial charge < -0.3 is 4.74 Å². The molecule has 1 aromatic rings. The van der Waals surface area contributed by atoms with Gasteiger partial charge in [0.1, 0.15) is 11.9 Å². The second-order valence-electron chi connectivity index (χ2n) is 3.59. The molecule has 0 saturated heterocycles. The number of benzene rings is 1. The number of ketones is 1. The van der Waals surface area contributed by atoms with Crippen molar-refractivity contribution in [2.45, 2.75) is 12.5 Å². The number of methoxy groups -OCH3 is 1. The molecule has 0 spiro atoms. The lowest BCUT2D eigenvalue weighted by molar-refractivity contribution is 0.0944. The summed E-state index contributed by atoms with van der Waals surface area (Å²) in [6.45, 7) is 0. The van der Waals surface area contributed by atoms with Crippen LogP contribution in [0.25, 0.3) is 0 Å². The van der Waals surface area contributed by atoms with Crippen LogP contribution in [-0.2, 0) is 14.6 Å². The summed E-state index contributed by atoms with van der Waals surface area (Å²) in [6, 6.07) is 4.66. The molecule has 0 aliphatic heterocycles. The van der Waals surface area contributed by atoms with Gasteiger partial charge >= 0.3 is 10.4 Å². The molecule has 1 N–H and O–H groups in total. The highest BCUT2D eigenvalue weighted by molar-refractivity contribution is 7.80. The Morgan fingerprint density at radius 2 is 2.12 bits per heavy atom. The van der Waals surface area contributed by atoms with Crippen molar-refractivity contribution < 1.29 is 26.7 Å². The van der Waals surface area contributed by atoms with E-state index in [1.807, 2.05) is 0 Å². The molecule has 0 saturated carbocycles. The van der Waals surface area contributed by atoms with Gasteiger partial charge in [-0.25, -0.2) is 4.18 Å². The first-order valence-electron chi connectivity index (χ1n) is 4.77. The van der Waals surface area contributed by atoms with Crippen LogP contribution in [0, 0.1) is 0 Å². The largest absolute Gasteiger partial charge is 0.497 e. The summed E-state index contributed by atoms with van der Waals surface area (Å²) in [5, 5.41) is 0. The first-order valence-corrected chi connectivity index (χ1v) is 6.14. The van der Waals surface area contributed by atoms with Gasteiger partial charge in [-0.05, 0) is 17.7 Å². The number of rotatable bonds is 3. The van der Waals surface area contributed by atoms with Crippen LogP contribution in [0.4, 0.5) is 0 Å². The monoisotopic (exact) mass is 258 g/mol. The predicted octanol–water partition coefficient (Wildman–Crippen LogP) is 1.14. The topological polar surface area (TPSA) is 89.9 Å². The molecule has 92 valence electrons. The van der Waals surface area contributed by atoms with Gasteiger partial charge in [0.2, 0.25) is 0 Å². The van der Waals surface area contributed by atoms with E-state index in [-0.39, 0.29) is 12.2 Å². The molecule has 1 aliphatic rings. The Balaban J connectivity index is 2.38. The number of ether oxygens (including phenoxy) is 1. The van der Waals surface area contributed by atoms with Gasteiger partial charge in [-0.3, -0.25) is 9.35 Å². The van der Waals surface area contributed by atoms with Gasteiger partial charge in [0.25, 0.3) is 0 Å². The standard InChI is InChI=1S/C10H10O6S/c1-15-6-2-3-7-8(4-6)9(11)5-10(7)16-17(12,13)14/h2-4,10H,5H2,1H3,(H,12,13,14). The highest BCUT2D eigenvalue weighted by Crippen LogP contribution is 2.36. The van der Waals surface area contributed by atoms with Gasteiger partial charge in [-0.2, -0.15) is 8.42 Å². The van der Waals surface area contributed by atoms with E-state index < -0.39 is 16.5 Å². The molecule has 0 bridgehead atoms. The molecule has 17 heavy (non-hydrogen) atoms. The van der Waals surface area contributed by atoms with Gasteiger partial charge in [0.05, 0.1) is 7.11 Å². The fourth-order valence-corrected chi connectivity index (χ4v) is 2.27. The molecule has 6 nitrogen and oxygen atoms in total. The van der Waals surface area contributed by atoms with E-state index in [9.17, 15) is 13.2 Å². The normalized spacial score (nSPS) is 19.2. The Kier molecular flexibility index (Phi) is 2.90. The second kappa shape index (κ2) is 4.10. The number of carbonyl (C=O) groups is 1. The molecule has 0 aromatic heterocycles. The van der Waals surface area contributed by atoms with E-state index in [1.165, 1.54) is 13.2 Å². The minimum Gasteiger partial charge on any atom is -0.497 e. The third-order valence-corrected chi connectivity index (χ3v) is 2.99. The first kappa shape index (κ1) is 12.0. The molecule has 1 unspecified atom stereocenters. The van der Waals surface area contributed by atoms with Crippen LogP contribution >= 0.6 is 0 Å². The highest BCUT2D eigenvalue weighted by Gasteiger charge is 2.33. The average molecular weight is 258 g/mol. The molecule has 1 aromatic carbocycles. The van der Waals surface area contributed by atoms with Gasteiger partial charge in [-0.1, -0.05) is 6.07 Å². The summed E-state index contributed by atoms with van der Waals surface area (Å²) in [7, 11) is -3.11. The summed E-state index contributed by atoms with van der Waals surface area (Å²) in [5.74, 6) is 0.261. The number of hydrogen-bond donors (Lipinski definition) is 1. The Bertz CT molecular complexity index is 562. The molecule has 0 fully saturated rings. The summed E-state index contributed by atoms with van der Waals surface area (Å²) in [5.41, 5.74) is 0.798. The van der Waals surface area contributed by atoms with Gasteiger partial charge in [0.15, 0.2) is 5.78 Å². The van der Waals surface area contributed by atoms with Crippen LogP contribution in [0.15, 0.2) is 18.2 Å². The quantitative estimate of drug-likeness (QED) is 0.818. The third-order valence-electron chi connectivity index (χ3n) is 2.52. The molecule has 1 atom stereocenters. The third kappa shape index (κ3) is 2.46. The van der Waals surface area contributed by atoms with Crippen molar-refractivity contribution in [2.75, 3.05) is 7.11 Å². The van der Waals surface area contributed by atoms with E-state index in [1.54, 1.807) is 12.1 Å². The Morgan fingerprint density at radius 1 is 1.41 bits per heavy atom. The molecular formula is C10H10O6S. The first-order chi connectivity index (χ1) is 7.90. The average Bonchev–Trinajstić information content (AvgIpc) is 2.53. The van der Waals surface area contributed by atoms with Crippen molar-refractivity contribution in [2.24, 2.45) is 0 Å². The fraction of sp³-hybridized carbons (Fsp3) is 0.300. The van der Waals surface area contributed by atoms with Crippen molar-refractivity contribution in [3.63, 3.8) is 0 Å². The maximum absolute atomic E-state index is 11.6. The molecule has 2 rings (SSSR count). The maximum Gasteiger partial charge on any atom is 0.397 e. The molecule has 0 radical (unpaired) electrons. The SMILES string of the molecule is COc1ccc2c(c1)C(=O)CC2OS(=O)(=O)O. The smallest absolute Gasteiger partial charge is 0.397 e. The van der Waals surface area contributed by atoms with Crippen molar-refractivity contribution in [1.82, 2.24) is 0 Å². The Morgan fingerprint density at radius 3 is 2.71 bits per heavy atom. The molecule has 1 aliphatic carbocycles. The van der Waals surface area contributed by atoms with Crippen molar-refractivity contribution in [1.29, 1.82) is 0 Å². The summed E-state index contributed by atoms with van der Waals surface area (Å²) < 4.78 is 39.3. The van der Waals surface area contributed by atoms with Crippen molar-refractivity contribution in [3.05, 3.63) is 29.3 Å². The molecule has 7 heteroatoms. The van der Waals surface area contributed by atoms with E-state index in [0.29, 0.717) is 16.9 Å². The van der Waals surface area contributed by atoms with Crippen molar-refractivity contribution >= 4 is 16.2 Å². The number of fused-ring (bicyclic) bond motifs is 1. The van der Waals surface area contributed by atoms with Crippen LogP contribution in [0.2, 0.25) is 0 Å². The zero-order valence-corrected chi connectivity index (χ0v) is 9.73. The van der Waals surface area contributed by atoms with Gasteiger partial charge in [-0.15, -0.1) is 0 Å². The lowest BCUT2D eigenvalue weighted by atomic mass is 10.1. The van der Waals surface area contributed by atoms with E-state index in [0.717, 1.165) is 0 Å². The van der Waals surface area contributed by atoms with Crippen molar-refractivity contribution in [3.8, 4) is 5.75 Å². The van der Waals surface area contributed by atoms with E-state index in [4.69, 9.17) is 9.29 Å². The van der Waals surface area contributed by atoms with Crippen LogP contribution in [-0.4, -0.2) is 25.9 Å². The second-order valence-corrected chi connectivity index (χ2v) is 4.64. The van der Waals surface area contributed by atoms with Crippen LogP contribution in [0.1, 0.15) is 28.4 Å². The minimum atomic E-state index is -4.57. The Hall–Kier alpha value is -1.44. The zero-order chi connectivity index (χ0) is 12.6. The van der Waals surface area contributed by atoms with Crippen LogP contribution in [0.3, 0.4) is 0 Å². The van der Waals surface area contributed by atoms with E-state index in [2.05, 4.69) is 4.18 Å². The lowest BCUT2D eigenvalue weighted by Crippen LogP contribution is -2.08. The molecular weight excluding hydrogens is 248 g/mol. The predicted molar refractivity (Wildman–Crippen MR) is 57.3 cm³/mol. The number of hydrogen-bond acceptors (Lipinski definition) is 5. The summed E-state index contributed by atoms with van der Waals surface area (Å²) in [4.78, 5) is 11.6. The zero-order valence-electron chi connectivity index (χ0n) is 8.91. The Labute approximate surface area is 98.1 Å². The molecule has 0 amide bonds. The van der Waals surface area contributed by atoms with Gasteiger partial charge in [0, 0.05) is 12.0 Å². The number of carbonyl (C=O) groups excluding carboxylic acids is 1. The minimum absolute atomic E-state index is 0.109. The number of Topliss-reactive ketones (excluding diaryl/α,β-unsaturated/α-hetero) is 1. The lowest BCUT2D eigenvalue weighted by Gasteiger charge is -2.09. The summed E-state index contributed by atoms with van der Waals surface area (Å²) in [6.07, 6.45) is -1.07. The highest BCUT2D eigenvalue weighted by atomic mass is 32.3. The summed E-state index contributed by atoms with van der Waals surface area (Å²) >= 11 is 0. The van der Waals surface area contributed by atoms with E-state index >= 15 is 0 Å². The van der Waals surface area contributed by atoms with Crippen LogP contribution in [0.5, 0.6) is 5.75 Å². The molecule has 0 heterocycles. The maximum atomic E-state index is 11.6. The van der Waals surface area contributed by atoms with Crippen LogP contribution < -0.4 is 4.74 Å².